The largest absolute Gasteiger partial charge is 0.323 e. The van der Waals surface area contributed by atoms with Gasteiger partial charge in [-0.15, -0.1) is 0 Å². The Labute approximate surface area is 73.0 Å². The van der Waals surface area contributed by atoms with E-state index < -0.39 is 0 Å². The van der Waals surface area contributed by atoms with Gasteiger partial charge in [0.15, 0.2) is 0 Å². The van der Waals surface area contributed by atoms with Gasteiger partial charge in [-0.1, -0.05) is 13.3 Å². The third-order valence-electron chi connectivity index (χ3n) is 1.78. The molecule has 0 radical (unpaired) electrons. The Morgan fingerprint density at radius 2 is 2.33 bits per heavy atom. The van der Waals surface area contributed by atoms with E-state index in [1.165, 1.54) is 12.8 Å². The number of hydrazine groups is 1. The molecule has 0 aromatic carbocycles. The quantitative estimate of drug-likeness (QED) is 0.527. The third-order valence-corrected chi connectivity index (χ3v) is 1.78. The van der Waals surface area contributed by atoms with Crippen LogP contribution in [-0.2, 0) is 6.42 Å². The van der Waals surface area contributed by atoms with Gasteiger partial charge in [0.2, 0.25) is 0 Å². The number of rotatable bonds is 4. The van der Waals surface area contributed by atoms with Crippen LogP contribution in [0.15, 0.2) is 18.3 Å². The van der Waals surface area contributed by atoms with Crippen molar-refractivity contribution >= 4 is 5.69 Å². The Bertz CT molecular complexity index is 218. The molecule has 1 aromatic heterocycles. The Morgan fingerprint density at radius 3 is 2.83 bits per heavy atom. The van der Waals surface area contributed by atoms with Crippen molar-refractivity contribution in [2.75, 3.05) is 5.43 Å². The molecule has 0 amide bonds. The summed E-state index contributed by atoms with van der Waals surface area (Å²) in [6, 6.07) is 3.95. The lowest BCUT2D eigenvalue weighted by Crippen LogP contribution is -2.07. The first-order valence-corrected chi connectivity index (χ1v) is 4.28. The highest BCUT2D eigenvalue weighted by Crippen LogP contribution is 2.06. The van der Waals surface area contributed by atoms with Crippen LogP contribution in [0, 0.1) is 0 Å². The molecular weight excluding hydrogens is 150 g/mol. The number of nitrogens with zero attached hydrogens (tertiary/aromatic N) is 1. The maximum absolute atomic E-state index is 5.21. The molecule has 1 rings (SSSR count). The van der Waals surface area contributed by atoms with E-state index in [1.54, 1.807) is 6.20 Å². The second-order valence-electron chi connectivity index (χ2n) is 2.79. The van der Waals surface area contributed by atoms with E-state index >= 15 is 0 Å². The summed E-state index contributed by atoms with van der Waals surface area (Å²) >= 11 is 0. The molecule has 0 saturated heterocycles. The van der Waals surface area contributed by atoms with Crippen molar-refractivity contribution in [3.05, 3.63) is 24.0 Å². The molecule has 12 heavy (non-hydrogen) atoms. The molecule has 0 atom stereocenters. The van der Waals surface area contributed by atoms with E-state index in [2.05, 4.69) is 17.3 Å². The van der Waals surface area contributed by atoms with E-state index in [9.17, 15) is 0 Å². The van der Waals surface area contributed by atoms with Crippen LogP contribution in [0.1, 0.15) is 25.5 Å². The lowest BCUT2D eigenvalue weighted by molar-refractivity contribution is 0.777. The molecule has 0 aliphatic heterocycles. The fraction of sp³-hybridized carbons (Fsp3) is 0.444. The Kier molecular flexibility index (Phi) is 3.54. The molecule has 3 heteroatoms. The number of anilines is 1. The van der Waals surface area contributed by atoms with Crippen molar-refractivity contribution in [2.45, 2.75) is 26.2 Å². The topological polar surface area (TPSA) is 50.9 Å². The molecule has 3 nitrogen and oxygen atoms in total. The van der Waals surface area contributed by atoms with Gasteiger partial charge in [-0.3, -0.25) is 10.8 Å². The van der Waals surface area contributed by atoms with Gasteiger partial charge in [0, 0.05) is 5.69 Å². The fourth-order valence-corrected chi connectivity index (χ4v) is 1.02. The third kappa shape index (κ3) is 2.51. The van der Waals surface area contributed by atoms with Gasteiger partial charge in [-0.05, 0) is 25.0 Å². The zero-order chi connectivity index (χ0) is 8.81. The normalized spacial score (nSPS) is 9.83. The molecule has 1 heterocycles. The van der Waals surface area contributed by atoms with Crippen molar-refractivity contribution in [1.29, 1.82) is 0 Å². The lowest BCUT2D eigenvalue weighted by atomic mass is 10.2. The highest BCUT2D eigenvalue weighted by atomic mass is 15.2. The minimum absolute atomic E-state index is 0.857. The number of unbranched alkanes of at least 4 members (excludes halogenated alkanes) is 1. The van der Waals surface area contributed by atoms with E-state index in [4.69, 9.17) is 5.84 Å². The average molecular weight is 165 g/mol. The molecule has 0 saturated carbocycles. The van der Waals surface area contributed by atoms with E-state index in [-0.39, 0.29) is 0 Å². The zero-order valence-electron chi connectivity index (χ0n) is 7.38. The fourth-order valence-electron chi connectivity index (χ4n) is 1.02. The van der Waals surface area contributed by atoms with Crippen molar-refractivity contribution in [3.8, 4) is 0 Å². The zero-order valence-corrected chi connectivity index (χ0v) is 7.38. The lowest BCUT2D eigenvalue weighted by Gasteiger charge is -2.01. The first-order chi connectivity index (χ1) is 5.86. The van der Waals surface area contributed by atoms with Crippen LogP contribution in [-0.4, -0.2) is 4.98 Å². The second kappa shape index (κ2) is 4.72. The van der Waals surface area contributed by atoms with Gasteiger partial charge >= 0.3 is 0 Å². The predicted molar refractivity (Wildman–Crippen MR) is 50.7 cm³/mol. The molecule has 0 aliphatic carbocycles. The SMILES string of the molecule is CCCCc1ccc(NN)cn1. The summed E-state index contributed by atoms with van der Waals surface area (Å²) in [5.41, 5.74) is 4.54. The number of nitrogens with one attached hydrogen (secondary N) is 1. The summed E-state index contributed by atoms with van der Waals surface area (Å²) < 4.78 is 0. The molecule has 3 N–H and O–H groups in total. The van der Waals surface area contributed by atoms with Crippen LogP contribution in [0.5, 0.6) is 0 Å². The van der Waals surface area contributed by atoms with Crippen LogP contribution in [0.4, 0.5) is 5.69 Å². The maximum atomic E-state index is 5.21. The van der Waals surface area contributed by atoms with Crippen LogP contribution >= 0.6 is 0 Å². The monoisotopic (exact) mass is 165 g/mol. The highest BCUT2D eigenvalue weighted by molar-refractivity contribution is 5.39. The number of hydrogen-bond acceptors (Lipinski definition) is 3. The minimum Gasteiger partial charge on any atom is -0.323 e. The Morgan fingerprint density at radius 1 is 1.50 bits per heavy atom. The highest BCUT2D eigenvalue weighted by Gasteiger charge is 1.93. The number of aryl methyl sites for hydroxylation is 1. The first-order valence-electron chi connectivity index (χ1n) is 4.28. The van der Waals surface area contributed by atoms with Gasteiger partial charge < -0.3 is 5.43 Å². The van der Waals surface area contributed by atoms with Gasteiger partial charge in [-0.2, -0.15) is 0 Å². The summed E-state index contributed by atoms with van der Waals surface area (Å²) in [6.07, 6.45) is 5.22. The molecule has 0 bridgehead atoms. The number of aromatic nitrogens is 1. The van der Waals surface area contributed by atoms with Crippen LogP contribution in [0.3, 0.4) is 0 Å². The van der Waals surface area contributed by atoms with Crippen molar-refractivity contribution in [1.82, 2.24) is 4.98 Å². The number of nitrogen functional groups attached to an aromatic ring is 1. The Hall–Kier alpha value is -1.09. The van der Waals surface area contributed by atoms with E-state index in [0.29, 0.717) is 0 Å². The standard InChI is InChI=1S/C9H15N3/c1-2-3-4-8-5-6-9(12-10)7-11-8/h5-7,12H,2-4,10H2,1H3. The van der Waals surface area contributed by atoms with Gasteiger partial charge in [0.1, 0.15) is 0 Å². The number of pyridine rings is 1. The second-order valence-corrected chi connectivity index (χ2v) is 2.79. The van der Waals surface area contributed by atoms with Gasteiger partial charge in [-0.25, -0.2) is 0 Å². The molecule has 0 fully saturated rings. The van der Waals surface area contributed by atoms with Crippen molar-refractivity contribution in [3.63, 3.8) is 0 Å². The molecular formula is C9H15N3. The van der Waals surface area contributed by atoms with E-state index in [1.807, 2.05) is 12.1 Å². The van der Waals surface area contributed by atoms with Gasteiger partial charge in [0.05, 0.1) is 11.9 Å². The van der Waals surface area contributed by atoms with Crippen LogP contribution in [0.2, 0.25) is 0 Å². The molecule has 0 spiro atoms. The molecule has 0 unspecified atom stereocenters. The molecule has 0 aliphatic rings. The summed E-state index contributed by atoms with van der Waals surface area (Å²) in [7, 11) is 0. The average Bonchev–Trinajstić information content (AvgIpc) is 2.15. The van der Waals surface area contributed by atoms with Gasteiger partial charge in [0.25, 0.3) is 0 Å². The predicted octanol–water partition coefficient (Wildman–Crippen LogP) is 1.71. The summed E-state index contributed by atoms with van der Waals surface area (Å²) in [5.74, 6) is 5.21. The number of nitrogens with two attached hydrogens (primary N) is 1. The smallest absolute Gasteiger partial charge is 0.0669 e. The van der Waals surface area contributed by atoms with E-state index in [0.717, 1.165) is 17.8 Å². The van der Waals surface area contributed by atoms with Crippen LogP contribution in [0.25, 0.3) is 0 Å². The Balaban J connectivity index is 2.53. The van der Waals surface area contributed by atoms with Crippen LogP contribution < -0.4 is 11.3 Å². The minimum atomic E-state index is 0.857. The first kappa shape index (κ1) is 9.00. The summed E-state index contributed by atoms with van der Waals surface area (Å²) in [6.45, 7) is 2.18. The molecule has 66 valence electrons. The van der Waals surface area contributed by atoms with Crippen molar-refractivity contribution < 1.29 is 0 Å². The number of hydrogen-bond donors (Lipinski definition) is 2. The summed E-state index contributed by atoms with van der Waals surface area (Å²) in [4.78, 5) is 4.24. The molecule has 1 aromatic rings. The summed E-state index contributed by atoms with van der Waals surface area (Å²) in [5, 5.41) is 0. The van der Waals surface area contributed by atoms with Crippen molar-refractivity contribution in [2.24, 2.45) is 5.84 Å². The maximum Gasteiger partial charge on any atom is 0.0669 e.